The molecule has 7 nitrogen and oxygen atoms in total. The van der Waals surface area contributed by atoms with E-state index in [1.54, 1.807) is 44.6 Å². The summed E-state index contributed by atoms with van der Waals surface area (Å²) in [6, 6.07) is 19.7. The van der Waals surface area contributed by atoms with Crippen LogP contribution in [0.15, 0.2) is 72.5 Å². The van der Waals surface area contributed by atoms with Crippen LogP contribution in [0.2, 0.25) is 0 Å². The third kappa shape index (κ3) is 4.57. The molecule has 2 N–H and O–H groups in total. The summed E-state index contributed by atoms with van der Waals surface area (Å²) in [5.41, 5.74) is 2.48. The topological polar surface area (TPSA) is 85.9 Å². The Morgan fingerprint density at radius 2 is 1.88 bits per heavy atom. The molecule has 0 saturated heterocycles. The molecule has 1 aliphatic rings. The number of hydrogen-bond acceptors (Lipinski definition) is 5. The number of anilines is 1. The van der Waals surface area contributed by atoms with Crippen molar-refractivity contribution in [3.05, 3.63) is 89.2 Å². The van der Waals surface area contributed by atoms with Crippen molar-refractivity contribution in [3.8, 4) is 17.2 Å². The first-order valence-electron chi connectivity index (χ1n) is 9.96. The zero-order valence-electron chi connectivity index (χ0n) is 17.7. The smallest absolute Gasteiger partial charge is 0.291 e. The van der Waals surface area contributed by atoms with Gasteiger partial charge in [-0.15, -0.1) is 0 Å². The lowest BCUT2D eigenvalue weighted by Crippen LogP contribution is -2.25. The Morgan fingerprint density at radius 3 is 2.69 bits per heavy atom. The standard InChI is InChI=1S/C25H22N2O5/c1-30-19-8-5-6-16(12-19)15-26-24(28)18-10-11-22-20(13-18)27-25(29)23(32-22)14-17-7-3-4-9-21(17)31-2/h3-14H,15H2,1-2H3,(H,26,28)(H,27,29)/b23-14+. The Hall–Kier alpha value is -4.26. The normalized spacial score (nSPS) is 13.6. The maximum atomic E-state index is 12.6. The molecular formula is C25H22N2O5. The Balaban J connectivity index is 1.48. The number of para-hydroxylation sites is 1. The molecular weight excluding hydrogens is 408 g/mol. The van der Waals surface area contributed by atoms with Gasteiger partial charge in [-0.25, -0.2) is 0 Å². The zero-order chi connectivity index (χ0) is 22.5. The van der Waals surface area contributed by atoms with E-state index in [2.05, 4.69) is 10.6 Å². The molecule has 4 rings (SSSR count). The van der Waals surface area contributed by atoms with Gasteiger partial charge >= 0.3 is 0 Å². The van der Waals surface area contributed by atoms with E-state index < -0.39 is 5.91 Å². The number of carbonyl (C=O) groups excluding carboxylic acids is 2. The first-order valence-corrected chi connectivity index (χ1v) is 9.96. The molecule has 0 fully saturated rings. The van der Waals surface area contributed by atoms with Gasteiger partial charge in [-0.2, -0.15) is 0 Å². The maximum absolute atomic E-state index is 12.6. The molecule has 0 atom stereocenters. The van der Waals surface area contributed by atoms with Crippen LogP contribution in [0.1, 0.15) is 21.5 Å². The number of nitrogens with one attached hydrogen (secondary N) is 2. The SMILES string of the molecule is COc1cccc(CNC(=O)c2ccc3c(c2)NC(=O)/C(=C\c2ccccc2OC)O3)c1. The number of carbonyl (C=O) groups is 2. The molecule has 3 aromatic carbocycles. The van der Waals surface area contributed by atoms with Crippen LogP contribution in [0.25, 0.3) is 6.08 Å². The first-order chi connectivity index (χ1) is 15.6. The Morgan fingerprint density at radius 1 is 1.03 bits per heavy atom. The summed E-state index contributed by atoms with van der Waals surface area (Å²) in [6.45, 7) is 0.349. The molecule has 0 aliphatic carbocycles. The molecule has 0 bridgehead atoms. The van der Waals surface area contributed by atoms with Crippen LogP contribution in [-0.4, -0.2) is 26.0 Å². The minimum Gasteiger partial charge on any atom is -0.497 e. The second-order valence-electron chi connectivity index (χ2n) is 7.05. The second kappa shape index (κ2) is 9.26. The minimum absolute atomic E-state index is 0.136. The molecule has 32 heavy (non-hydrogen) atoms. The molecule has 0 spiro atoms. The fourth-order valence-corrected chi connectivity index (χ4v) is 3.30. The summed E-state index contributed by atoms with van der Waals surface area (Å²) in [4.78, 5) is 25.2. The molecule has 1 heterocycles. The van der Waals surface area contributed by atoms with Crippen LogP contribution >= 0.6 is 0 Å². The first kappa shape index (κ1) is 21.0. The van der Waals surface area contributed by atoms with Gasteiger partial charge in [0.25, 0.3) is 11.8 Å². The average molecular weight is 430 g/mol. The van der Waals surface area contributed by atoms with Crippen molar-refractivity contribution < 1.29 is 23.8 Å². The van der Waals surface area contributed by atoms with Gasteiger partial charge in [-0.3, -0.25) is 9.59 Å². The number of benzene rings is 3. The highest BCUT2D eigenvalue weighted by molar-refractivity contribution is 6.09. The molecule has 0 radical (unpaired) electrons. The third-order valence-corrected chi connectivity index (χ3v) is 4.95. The molecule has 0 aromatic heterocycles. The van der Waals surface area contributed by atoms with Crippen molar-refractivity contribution in [3.63, 3.8) is 0 Å². The van der Waals surface area contributed by atoms with Crippen LogP contribution in [0, 0.1) is 0 Å². The van der Waals surface area contributed by atoms with Crippen molar-refractivity contribution in [1.29, 1.82) is 0 Å². The summed E-state index contributed by atoms with van der Waals surface area (Å²) in [6.07, 6.45) is 1.62. The highest BCUT2D eigenvalue weighted by atomic mass is 16.5. The quantitative estimate of drug-likeness (QED) is 0.577. The van der Waals surface area contributed by atoms with E-state index in [1.165, 1.54) is 0 Å². The molecule has 1 aliphatic heterocycles. The lowest BCUT2D eigenvalue weighted by atomic mass is 10.1. The highest BCUT2D eigenvalue weighted by Gasteiger charge is 2.23. The summed E-state index contributed by atoms with van der Waals surface area (Å²) in [7, 11) is 3.16. The summed E-state index contributed by atoms with van der Waals surface area (Å²) < 4.78 is 16.3. The number of methoxy groups -OCH3 is 2. The molecule has 162 valence electrons. The molecule has 7 heteroatoms. The fourth-order valence-electron chi connectivity index (χ4n) is 3.30. The minimum atomic E-state index is -0.405. The zero-order valence-corrected chi connectivity index (χ0v) is 17.7. The molecule has 3 aromatic rings. The number of amides is 2. The van der Waals surface area contributed by atoms with Crippen LogP contribution < -0.4 is 24.8 Å². The van der Waals surface area contributed by atoms with Gasteiger partial charge in [0.1, 0.15) is 11.5 Å². The number of ether oxygens (including phenoxy) is 3. The van der Waals surface area contributed by atoms with Crippen molar-refractivity contribution in [1.82, 2.24) is 5.32 Å². The van der Waals surface area contributed by atoms with E-state index in [0.717, 1.165) is 16.9 Å². The van der Waals surface area contributed by atoms with E-state index >= 15 is 0 Å². The summed E-state index contributed by atoms with van der Waals surface area (Å²) in [5.74, 6) is 1.28. The Kier molecular flexibility index (Phi) is 6.07. The molecule has 0 unspecified atom stereocenters. The van der Waals surface area contributed by atoms with Gasteiger partial charge in [-0.05, 0) is 48.0 Å². The third-order valence-electron chi connectivity index (χ3n) is 4.95. The average Bonchev–Trinajstić information content (AvgIpc) is 2.83. The predicted molar refractivity (Wildman–Crippen MR) is 121 cm³/mol. The van der Waals surface area contributed by atoms with Crippen LogP contribution in [0.5, 0.6) is 17.2 Å². The van der Waals surface area contributed by atoms with Gasteiger partial charge in [0.2, 0.25) is 0 Å². The monoisotopic (exact) mass is 430 g/mol. The van der Waals surface area contributed by atoms with E-state index in [1.807, 2.05) is 42.5 Å². The van der Waals surface area contributed by atoms with Crippen LogP contribution in [-0.2, 0) is 11.3 Å². The van der Waals surface area contributed by atoms with E-state index in [4.69, 9.17) is 14.2 Å². The van der Waals surface area contributed by atoms with E-state index in [-0.39, 0.29) is 11.7 Å². The lowest BCUT2D eigenvalue weighted by molar-refractivity contribution is -0.115. The predicted octanol–water partition coefficient (Wildman–Crippen LogP) is 4.01. The van der Waals surface area contributed by atoms with Crippen molar-refractivity contribution in [2.45, 2.75) is 6.54 Å². The fraction of sp³-hybridized carbons (Fsp3) is 0.120. The van der Waals surface area contributed by atoms with Crippen LogP contribution in [0.3, 0.4) is 0 Å². The molecule has 2 amide bonds. The maximum Gasteiger partial charge on any atom is 0.291 e. The number of fused-ring (bicyclic) bond motifs is 1. The lowest BCUT2D eigenvalue weighted by Gasteiger charge is -2.21. The van der Waals surface area contributed by atoms with Crippen molar-refractivity contribution in [2.75, 3.05) is 19.5 Å². The van der Waals surface area contributed by atoms with Crippen LogP contribution in [0.4, 0.5) is 5.69 Å². The van der Waals surface area contributed by atoms with Crippen molar-refractivity contribution >= 4 is 23.6 Å². The number of hydrogen-bond donors (Lipinski definition) is 2. The largest absolute Gasteiger partial charge is 0.497 e. The Bertz CT molecular complexity index is 1200. The van der Waals surface area contributed by atoms with E-state index in [0.29, 0.717) is 29.3 Å². The number of rotatable bonds is 6. The highest BCUT2D eigenvalue weighted by Crippen LogP contribution is 2.33. The Labute approximate surface area is 185 Å². The summed E-state index contributed by atoms with van der Waals surface area (Å²) >= 11 is 0. The van der Waals surface area contributed by atoms with Gasteiger partial charge in [0, 0.05) is 17.7 Å². The van der Waals surface area contributed by atoms with Gasteiger partial charge in [-0.1, -0.05) is 30.3 Å². The van der Waals surface area contributed by atoms with Gasteiger partial charge < -0.3 is 24.8 Å². The molecule has 0 saturated carbocycles. The van der Waals surface area contributed by atoms with Crippen molar-refractivity contribution in [2.24, 2.45) is 0 Å². The van der Waals surface area contributed by atoms with Gasteiger partial charge in [0.15, 0.2) is 11.5 Å². The van der Waals surface area contributed by atoms with E-state index in [9.17, 15) is 9.59 Å². The second-order valence-corrected chi connectivity index (χ2v) is 7.05. The summed E-state index contributed by atoms with van der Waals surface area (Å²) in [5, 5.41) is 5.65. The van der Waals surface area contributed by atoms with Gasteiger partial charge in [0.05, 0.1) is 19.9 Å².